The average molecular weight is 197 g/mol. The summed E-state index contributed by atoms with van der Waals surface area (Å²) in [5.41, 5.74) is 0. The smallest absolute Gasteiger partial charge is 0.415 e. The highest BCUT2D eigenvalue weighted by molar-refractivity contribution is 5.67. The van der Waals surface area contributed by atoms with E-state index in [-0.39, 0.29) is 0 Å². The molecule has 0 aliphatic carbocycles. The molecule has 0 aliphatic rings. The fraction of sp³-hybridized carbons (Fsp3) is 0.545. The molecule has 3 heteroatoms. The monoisotopic (exact) mass is 197 g/mol. The molecule has 0 unspecified atom stereocenters. The summed E-state index contributed by atoms with van der Waals surface area (Å²) in [6.07, 6.45) is 9.86. The van der Waals surface area contributed by atoms with Crippen molar-refractivity contribution in [3.8, 4) is 0 Å². The Bertz CT molecular complexity index is 193. The van der Waals surface area contributed by atoms with Gasteiger partial charge in [0, 0.05) is 12.4 Å². The van der Waals surface area contributed by atoms with Crippen LogP contribution in [0, 0.1) is 0 Å². The molecule has 0 atom stereocenters. The molecular formula is C11H19NO2. The van der Waals surface area contributed by atoms with Crippen LogP contribution in [0.4, 0.5) is 4.79 Å². The zero-order chi connectivity index (χ0) is 10.8. The molecule has 80 valence electrons. The van der Waals surface area contributed by atoms with E-state index in [0.717, 1.165) is 25.7 Å². The van der Waals surface area contributed by atoms with Gasteiger partial charge in [-0.1, -0.05) is 38.8 Å². The van der Waals surface area contributed by atoms with Gasteiger partial charge in [-0.15, -0.1) is 0 Å². The number of carbonyl (C=O) groups is 1. The Morgan fingerprint density at radius 1 is 1.14 bits per heavy atom. The number of nitrogens with zero attached hydrogens (tertiary/aromatic N) is 1. The first kappa shape index (κ1) is 12.8. The van der Waals surface area contributed by atoms with Gasteiger partial charge in [-0.3, -0.25) is 4.90 Å². The molecule has 0 saturated heterocycles. The predicted molar refractivity (Wildman–Crippen MR) is 58.0 cm³/mol. The summed E-state index contributed by atoms with van der Waals surface area (Å²) in [5, 5.41) is 8.80. The van der Waals surface area contributed by atoms with Crippen molar-refractivity contribution in [3.05, 3.63) is 24.6 Å². The van der Waals surface area contributed by atoms with Crippen LogP contribution in [0.25, 0.3) is 0 Å². The molecule has 0 aromatic carbocycles. The van der Waals surface area contributed by atoms with Crippen LogP contribution in [0.1, 0.15) is 39.5 Å². The van der Waals surface area contributed by atoms with Gasteiger partial charge in [-0.05, 0) is 12.8 Å². The second kappa shape index (κ2) is 8.35. The summed E-state index contributed by atoms with van der Waals surface area (Å²) >= 11 is 0. The van der Waals surface area contributed by atoms with Gasteiger partial charge in [-0.2, -0.15) is 0 Å². The van der Waals surface area contributed by atoms with Crippen LogP contribution >= 0.6 is 0 Å². The molecule has 3 nitrogen and oxygen atoms in total. The number of amides is 1. The highest BCUT2D eigenvalue weighted by Gasteiger charge is 2.01. The lowest BCUT2D eigenvalue weighted by Crippen LogP contribution is -2.16. The maximum Gasteiger partial charge on any atom is 0.415 e. The number of hydrogen-bond acceptors (Lipinski definition) is 1. The minimum Gasteiger partial charge on any atom is -0.464 e. The molecule has 0 bridgehead atoms. The second-order valence-corrected chi connectivity index (χ2v) is 3.04. The number of allylic oxidation sites excluding steroid dienone is 2. The topological polar surface area (TPSA) is 40.5 Å². The molecule has 0 aromatic heterocycles. The van der Waals surface area contributed by atoms with Gasteiger partial charge < -0.3 is 5.11 Å². The predicted octanol–water partition coefficient (Wildman–Crippen LogP) is 3.59. The first-order valence-corrected chi connectivity index (χ1v) is 5.07. The van der Waals surface area contributed by atoms with Crippen LogP contribution < -0.4 is 0 Å². The van der Waals surface area contributed by atoms with Crippen molar-refractivity contribution >= 4 is 6.09 Å². The largest absolute Gasteiger partial charge is 0.464 e. The fourth-order valence-corrected chi connectivity index (χ4v) is 0.887. The number of hydrogen-bond donors (Lipinski definition) is 1. The van der Waals surface area contributed by atoms with E-state index in [1.807, 2.05) is 12.2 Å². The van der Waals surface area contributed by atoms with E-state index < -0.39 is 6.09 Å². The molecule has 0 saturated carbocycles. The first-order valence-electron chi connectivity index (χ1n) is 5.07. The maximum atomic E-state index is 10.7. The van der Waals surface area contributed by atoms with Crippen LogP contribution in [-0.2, 0) is 0 Å². The first-order chi connectivity index (χ1) is 6.72. The van der Waals surface area contributed by atoms with Gasteiger partial charge >= 0.3 is 6.09 Å². The van der Waals surface area contributed by atoms with Gasteiger partial charge in [0.2, 0.25) is 0 Å². The summed E-state index contributed by atoms with van der Waals surface area (Å²) in [6, 6.07) is 0. The molecule has 0 radical (unpaired) electrons. The van der Waals surface area contributed by atoms with E-state index in [2.05, 4.69) is 13.8 Å². The standard InChI is InChI=1S/C11H19NO2/c1-3-5-7-9-12(11(13)14)10-8-6-4-2/h7-10H,3-6H2,1-2H3,(H,13,14). The van der Waals surface area contributed by atoms with Gasteiger partial charge in [-0.25, -0.2) is 4.79 Å². The van der Waals surface area contributed by atoms with Crippen molar-refractivity contribution in [1.29, 1.82) is 0 Å². The minimum absolute atomic E-state index is 0.908. The summed E-state index contributed by atoms with van der Waals surface area (Å²) in [7, 11) is 0. The number of carboxylic acid groups (broad SMARTS) is 1. The molecule has 14 heavy (non-hydrogen) atoms. The molecule has 0 heterocycles. The summed E-state index contributed by atoms with van der Waals surface area (Å²) in [5.74, 6) is 0. The highest BCUT2D eigenvalue weighted by Crippen LogP contribution is 1.98. The second-order valence-electron chi connectivity index (χ2n) is 3.04. The SMILES string of the molecule is CCCC=CN(C=CCCC)C(=O)O. The molecule has 0 rings (SSSR count). The molecule has 0 aliphatic heterocycles. The van der Waals surface area contributed by atoms with Crippen molar-refractivity contribution in [3.63, 3.8) is 0 Å². The third-order valence-electron chi connectivity index (χ3n) is 1.66. The third kappa shape index (κ3) is 6.29. The van der Waals surface area contributed by atoms with Crippen LogP contribution in [0.2, 0.25) is 0 Å². The zero-order valence-corrected chi connectivity index (χ0v) is 8.94. The van der Waals surface area contributed by atoms with Crippen LogP contribution in [0.5, 0.6) is 0 Å². The molecule has 1 amide bonds. The summed E-state index contributed by atoms with van der Waals surface area (Å²) < 4.78 is 0. The van der Waals surface area contributed by atoms with Crippen LogP contribution in [-0.4, -0.2) is 16.1 Å². The molecular weight excluding hydrogens is 178 g/mol. The van der Waals surface area contributed by atoms with Crippen LogP contribution in [0.15, 0.2) is 24.6 Å². The van der Waals surface area contributed by atoms with E-state index >= 15 is 0 Å². The van der Waals surface area contributed by atoms with Gasteiger partial charge in [0.1, 0.15) is 0 Å². The third-order valence-corrected chi connectivity index (χ3v) is 1.66. The Morgan fingerprint density at radius 2 is 1.57 bits per heavy atom. The lowest BCUT2D eigenvalue weighted by molar-refractivity contribution is 0.175. The van der Waals surface area contributed by atoms with Crippen molar-refractivity contribution in [1.82, 2.24) is 4.90 Å². The number of rotatable bonds is 6. The van der Waals surface area contributed by atoms with Crippen molar-refractivity contribution < 1.29 is 9.90 Å². The fourth-order valence-electron chi connectivity index (χ4n) is 0.887. The summed E-state index contributed by atoms with van der Waals surface area (Å²) in [4.78, 5) is 11.9. The van der Waals surface area contributed by atoms with E-state index in [1.54, 1.807) is 12.4 Å². The highest BCUT2D eigenvalue weighted by atomic mass is 16.4. The lowest BCUT2D eigenvalue weighted by atomic mass is 10.3. The molecule has 0 spiro atoms. The Morgan fingerprint density at radius 3 is 1.86 bits per heavy atom. The molecule has 1 N–H and O–H groups in total. The Hall–Kier alpha value is -1.25. The van der Waals surface area contributed by atoms with E-state index in [1.165, 1.54) is 4.90 Å². The Labute approximate surface area is 85.7 Å². The van der Waals surface area contributed by atoms with Crippen molar-refractivity contribution in [2.24, 2.45) is 0 Å². The van der Waals surface area contributed by atoms with E-state index in [9.17, 15) is 4.79 Å². The van der Waals surface area contributed by atoms with E-state index in [0.29, 0.717) is 0 Å². The average Bonchev–Trinajstić information content (AvgIpc) is 2.15. The normalized spacial score (nSPS) is 11.3. The lowest BCUT2D eigenvalue weighted by Gasteiger charge is -2.07. The minimum atomic E-state index is -0.940. The zero-order valence-electron chi connectivity index (χ0n) is 8.94. The molecule has 0 fully saturated rings. The maximum absolute atomic E-state index is 10.7. The Kier molecular flexibility index (Phi) is 7.61. The van der Waals surface area contributed by atoms with Gasteiger partial charge in [0.25, 0.3) is 0 Å². The molecule has 0 aromatic rings. The van der Waals surface area contributed by atoms with Crippen molar-refractivity contribution in [2.75, 3.05) is 0 Å². The Balaban J connectivity index is 4.08. The van der Waals surface area contributed by atoms with Gasteiger partial charge in [0.05, 0.1) is 0 Å². The quantitative estimate of drug-likeness (QED) is 0.706. The summed E-state index contributed by atoms with van der Waals surface area (Å²) in [6.45, 7) is 4.12. The van der Waals surface area contributed by atoms with E-state index in [4.69, 9.17) is 5.11 Å². The van der Waals surface area contributed by atoms with Gasteiger partial charge in [0.15, 0.2) is 0 Å². The van der Waals surface area contributed by atoms with Crippen LogP contribution in [0.3, 0.4) is 0 Å². The van der Waals surface area contributed by atoms with Crippen molar-refractivity contribution in [2.45, 2.75) is 39.5 Å². The number of unbranched alkanes of at least 4 members (excludes halogenated alkanes) is 2.